The highest BCUT2D eigenvalue weighted by molar-refractivity contribution is 5.73. The third kappa shape index (κ3) is 2.40. The summed E-state index contributed by atoms with van der Waals surface area (Å²) >= 11 is 0. The lowest BCUT2D eigenvalue weighted by atomic mass is 9.37. The summed E-state index contributed by atoms with van der Waals surface area (Å²) in [4.78, 5) is 4.70. The number of halogens is 1. The molecule has 3 nitrogen and oxygen atoms in total. The van der Waals surface area contributed by atoms with E-state index in [4.69, 9.17) is 4.98 Å². The molecule has 1 spiro atoms. The topological polar surface area (TPSA) is 38.0 Å². The lowest BCUT2D eigenvalue weighted by molar-refractivity contribution is -0.256. The minimum atomic E-state index is -0.787. The van der Waals surface area contributed by atoms with Crippen LogP contribution in [0.3, 0.4) is 0 Å². The zero-order valence-corrected chi connectivity index (χ0v) is 18.0. The van der Waals surface area contributed by atoms with Crippen molar-refractivity contribution in [3.05, 3.63) is 83.1 Å². The second-order valence-corrected chi connectivity index (χ2v) is 9.68. The van der Waals surface area contributed by atoms with E-state index in [1.165, 1.54) is 23.3 Å². The molecule has 1 aliphatic heterocycles. The van der Waals surface area contributed by atoms with Crippen molar-refractivity contribution in [2.24, 2.45) is 17.3 Å². The van der Waals surface area contributed by atoms with Crippen LogP contribution in [0, 0.1) is 30.0 Å². The van der Waals surface area contributed by atoms with E-state index in [1.807, 2.05) is 6.33 Å². The lowest BCUT2D eigenvalue weighted by Crippen LogP contribution is -2.69. The number of fused-ring (bicyclic) bond motifs is 1. The van der Waals surface area contributed by atoms with Gasteiger partial charge in [0.25, 0.3) is 0 Å². The molecule has 6 rings (SSSR count). The molecule has 31 heavy (non-hydrogen) atoms. The van der Waals surface area contributed by atoms with Gasteiger partial charge in [-0.3, -0.25) is 0 Å². The first-order valence-corrected chi connectivity index (χ1v) is 11.3. The third-order valence-electron chi connectivity index (χ3n) is 8.38. The van der Waals surface area contributed by atoms with Crippen molar-refractivity contribution >= 4 is 6.08 Å². The Morgan fingerprint density at radius 3 is 2.58 bits per heavy atom. The fourth-order valence-corrected chi connectivity index (χ4v) is 6.77. The summed E-state index contributed by atoms with van der Waals surface area (Å²) in [5, 5.41) is 11.9. The fraction of sp³-hybridized carbons (Fsp3) is 0.370. The van der Waals surface area contributed by atoms with Crippen LogP contribution in [-0.4, -0.2) is 14.7 Å². The van der Waals surface area contributed by atoms with Crippen molar-refractivity contribution < 1.29 is 9.50 Å². The fourth-order valence-electron chi connectivity index (χ4n) is 6.77. The summed E-state index contributed by atoms with van der Waals surface area (Å²) < 4.78 is 15.6. The highest BCUT2D eigenvalue weighted by Crippen LogP contribution is 2.71. The number of aryl methyl sites for hydroxylation is 1. The van der Waals surface area contributed by atoms with Crippen molar-refractivity contribution in [1.82, 2.24) is 9.55 Å². The average Bonchev–Trinajstić information content (AvgIpc) is 3.19. The van der Waals surface area contributed by atoms with Gasteiger partial charge < -0.3 is 9.67 Å². The maximum atomic E-state index is 13.4. The Morgan fingerprint density at radius 2 is 1.84 bits per heavy atom. The van der Waals surface area contributed by atoms with Gasteiger partial charge in [0.2, 0.25) is 0 Å². The SMILES string of the molecule is Cc1ccc([C@]2(O)C(C)[C@]34Cn5cnc(-c6ccc(F)cc6)c5C=C3CCC[C@@H]42)cc1. The molecule has 2 aromatic carbocycles. The van der Waals surface area contributed by atoms with E-state index in [1.54, 1.807) is 12.1 Å². The van der Waals surface area contributed by atoms with Gasteiger partial charge in [-0.1, -0.05) is 42.3 Å². The summed E-state index contributed by atoms with van der Waals surface area (Å²) in [6.45, 7) is 5.15. The van der Waals surface area contributed by atoms with Gasteiger partial charge in [-0.15, -0.1) is 0 Å². The second kappa shape index (κ2) is 6.39. The first-order valence-electron chi connectivity index (χ1n) is 11.3. The molecule has 2 fully saturated rings. The molecule has 158 valence electrons. The Kier molecular flexibility index (Phi) is 3.92. The van der Waals surface area contributed by atoms with Crippen molar-refractivity contribution in [3.63, 3.8) is 0 Å². The number of benzene rings is 2. The van der Waals surface area contributed by atoms with Crippen molar-refractivity contribution in [2.45, 2.75) is 45.3 Å². The van der Waals surface area contributed by atoms with E-state index < -0.39 is 5.60 Å². The predicted octanol–water partition coefficient (Wildman–Crippen LogP) is 5.72. The minimum Gasteiger partial charge on any atom is -0.385 e. The molecule has 1 unspecified atom stereocenters. The zero-order valence-electron chi connectivity index (χ0n) is 18.0. The Labute approximate surface area is 182 Å². The third-order valence-corrected chi connectivity index (χ3v) is 8.38. The van der Waals surface area contributed by atoms with Crippen LogP contribution in [-0.2, 0) is 12.1 Å². The molecular formula is C27H27FN2O. The zero-order chi connectivity index (χ0) is 21.4. The van der Waals surface area contributed by atoms with E-state index >= 15 is 0 Å². The van der Waals surface area contributed by atoms with Crippen LogP contribution in [0.4, 0.5) is 4.39 Å². The maximum absolute atomic E-state index is 13.4. The maximum Gasteiger partial charge on any atom is 0.123 e. The summed E-state index contributed by atoms with van der Waals surface area (Å²) in [5.74, 6) is 0.106. The van der Waals surface area contributed by atoms with E-state index in [2.05, 4.69) is 48.8 Å². The highest BCUT2D eigenvalue weighted by atomic mass is 19.1. The first kappa shape index (κ1) is 19.0. The van der Waals surface area contributed by atoms with Crippen LogP contribution < -0.4 is 0 Å². The quantitative estimate of drug-likeness (QED) is 0.582. The molecule has 1 aromatic heterocycles. The number of aromatic nitrogens is 2. The molecule has 2 heterocycles. The van der Waals surface area contributed by atoms with Crippen molar-refractivity contribution in [1.29, 1.82) is 0 Å². The summed E-state index contributed by atoms with van der Waals surface area (Å²) in [7, 11) is 0. The van der Waals surface area contributed by atoms with E-state index in [-0.39, 0.29) is 23.1 Å². The van der Waals surface area contributed by atoms with Crippen LogP contribution >= 0.6 is 0 Å². The van der Waals surface area contributed by atoms with Crippen LogP contribution in [0.5, 0.6) is 0 Å². The van der Waals surface area contributed by atoms with Crippen LogP contribution in [0.1, 0.15) is 43.0 Å². The number of rotatable bonds is 2. The second-order valence-electron chi connectivity index (χ2n) is 9.68. The normalized spacial score (nSPS) is 31.2. The summed E-state index contributed by atoms with van der Waals surface area (Å²) in [6, 6.07) is 15.0. The van der Waals surface area contributed by atoms with Gasteiger partial charge in [-0.25, -0.2) is 9.37 Å². The lowest BCUT2D eigenvalue weighted by Gasteiger charge is -2.69. The monoisotopic (exact) mass is 414 g/mol. The van der Waals surface area contributed by atoms with E-state index in [9.17, 15) is 9.50 Å². The molecule has 4 heteroatoms. The molecule has 0 amide bonds. The molecule has 3 aromatic rings. The summed E-state index contributed by atoms with van der Waals surface area (Å²) in [5.41, 5.74) is 5.85. The predicted molar refractivity (Wildman–Crippen MR) is 120 cm³/mol. The van der Waals surface area contributed by atoms with Gasteiger partial charge in [0.1, 0.15) is 5.82 Å². The van der Waals surface area contributed by atoms with Crippen LogP contribution in [0.25, 0.3) is 17.3 Å². The standard InChI is InChI=1S/C27H27FN2O/c1-17-6-10-20(11-7-17)27(31)18(2)26-15-30-16-29-25(19-8-12-22(28)13-9-19)23(30)14-21(26)4-3-5-24(26)27/h6-14,16,18,24,31H,3-5,15H2,1-2H3/t18?,24-,26+,27+/m0/s1. The Balaban J connectivity index is 1.42. The molecule has 4 atom stereocenters. The van der Waals surface area contributed by atoms with Crippen LogP contribution in [0.15, 0.2) is 60.4 Å². The Morgan fingerprint density at radius 1 is 1.10 bits per heavy atom. The number of hydrogen-bond donors (Lipinski definition) is 1. The van der Waals surface area contributed by atoms with Crippen LogP contribution in [0.2, 0.25) is 0 Å². The number of imidazole rings is 1. The highest BCUT2D eigenvalue weighted by Gasteiger charge is 2.71. The minimum absolute atomic E-state index is 0.0222. The Bertz CT molecular complexity index is 1190. The average molecular weight is 415 g/mol. The summed E-state index contributed by atoms with van der Waals surface area (Å²) in [6.07, 6.45) is 7.43. The molecule has 0 radical (unpaired) electrons. The molecule has 0 bridgehead atoms. The van der Waals surface area contributed by atoms with Gasteiger partial charge in [0, 0.05) is 29.4 Å². The van der Waals surface area contributed by atoms with Gasteiger partial charge in [0.05, 0.1) is 23.3 Å². The number of aliphatic hydroxyl groups is 1. The largest absolute Gasteiger partial charge is 0.385 e. The smallest absolute Gasteiger partial charge is 0.123 e. The van der Waals surface area contributed by atoms with Crippen molar-refractivity contribution in [3.8, 4) is 11.3 Å². The molecule has 0 saturated heterocycles. The van der Waals surface area contributed by atoms with Gasteiger partial charge >= 0.3 is 0 Å². The first-order chi connectivity index (χ1) is 14.9. The molecular weight excluding hydrogens is 387 g/mol. The molecule has 2 saturated carbocycles. The molecule has 3 aliphatic rings. The number of hydrogen-bond acceptors (Lipinski definition) is 2. The number of allylic oxidation sites excluding steroid dienone is 1. The molecule has 1 N–H and O–H groups in total. The Hall–Kier alpha value is -2.72. The van der Waals surface area contributed by atoms with E-state index in [0.29, 0.717) is 0 Å². The van der Waals surface area contributed by atoms with Crippen molar-refractivity contribution in [2.75, 3.05) is 0 Å². The van der Waals surface area contributed by atoms with Gasteiger partial charge in [-0.05, 0) is 62.1 Å². The van der Waals surface area contributed by atoms with E-state index in [0.717, 1.165) is 48.3 Å². The van der Waals surface area contributed by atoms with Gasteiger partial charge in [0.15, 0.2) is 0 Å². The van der Waals surface area contributed by atoms with Gasteiger partial charge in [-0.2, -0.15) is 0 Å². The number of nitrogens with zero attached hydrogens (tertiary/aromatic N) is 2. The molecule has 2 aliphatic carbocycles.